The zero-order valence-corrected chi connectivity index (χ0v) is 15.2. The van der Waals surface area contributed by atoms with E-state index in [0.29, 0.717) is 17.3 Å². The Morgan fingerprint density at radius 2 is 1.70 bits per heavy atom. The van der Waals surface area contributed by atoms with Crippen LogP contribution in [0.3, 0.4) is 0 Å². The van der Waals surface area contributed by atoms with Gasteiger partial charge < -0.3 is 8.94 Å². The van der Waals surface area contributed by atoms with Crippen LogP contribution in [0, 0.1) is 6.92 Å². The van der Waals surface area contributed by atoms with Crippen LogP contribution in [0.1, 0.15) is 11.3 Å². The first-order valence-corrected chi connectivity index (χ1v) is 9.79. The van der Waals surface area contributed by atoms with Crippen molar-refractivity contribution in [3.05, 3.63) is 72.2 Å². The largest absolute Gasteiger partial charge is 0.455 e. The number of hydrogen-bond donors (Lipinski definition) is 0. The molecule has 4 aromatic rings. The third kappa shape index (κ3) is 3.65. The van der Waals surface area contributed by atoms with Crippen LogP contribution in [0.15, 0.2) is 74.8 Å². The van der Waals surface area contributed by atoms with E-state index in [0.717, 1.165) is 11.1 Å². The van der Waals surface area contributed by atoms with E-state index in [9.17, 15) is 8.42 Å². The quantitative estimate of drug-likeness (QED) is 0.520. The van der Waals surface area contributed by atoms with Crippen LogP contribution in [-0.4, -0.2) is 23.5 Å². The van der Waals surface area contributed by atoms with E-state index in [1.807, 2.05) is 6.92 Å². The number of hydrogen-bond acceptors (Lipinski definition) is 7. The minimum atomic E-state index is -3.50. The summed E-state index contributed by atoms with van der Waals surface area (Å²) in [7, 11) is -3.50. The predicted octanol–water partition coefficient (Wildman–Crippen LogP) is 3.67. The minimum Gasteiger partial charge on any atom is -0.455 e. The van der Waals surface area contributed by atoms with Crippen LogP contribution >= 0.6 is 0 Å². The van der Waals surface area contributed by atoms with Crippen molar-refractivity contribution in [1.82, 2.24) is 15.1 Å². The number of benzene rings is 1. The average Bonchev–Trinajstić information content (AvgIpc) is 3.32. The molecule has 0 bridgehead atoms. The fourth-order valence-electron chi connectivity index (χ4n) is 2.53. The van der Waals surface area contributed by atoms with Crippen molar-refractivity contribution in [1.29, 1.82) is 0 Å². The first kappa shape index (κ1) is 17.2. The highest BCUT2D eigenvalue weighted by Gasteiger charge is 2.20. The zero-order chi connectivity index (χ0) is 18.9. The maximum Gasteiger partial charge on any atom is 0.293 e. The van der Waals surface area contributed by atoms with E-state index >= 15 is 0 Å². The Bertz CT molecular complexity index is 1160. The second-order valence-electron chi connectivity index (χ2n) is 6.00. The van der Waals surface area contributed by atoms with Gasteiger partial charge in [-0.2, -0.15) is 4.98 Å². The molecule has 0 aliphatic carbocycles. The predicted molar refractivity (Wildman–Crippen MR) is 97.3 cm³/mol. The SMILES string of the molecule is Cc1ccc(S(=O)(=O)Cc2ccc(-c3nc(-c4ccncc4)no3)o2)cc1. The molecule has 1 aromatic carbocycles. The van der Waals surface area contributed by atoms with E-state index in [1.54, 1.807) is 60.9 Å². The van der Waals surface area contributed by atoms with Crippen LogP contribution in [0.2, 0.25) is 0 Å². The van der Waals surface area contributed by atoms with Gasteiger partial charge in [0.05, 0.1) is 4.90 Å². The summed E-state index contributed by atoms with van der Waals surface area (Å²) < 4.78 is 35.9. The molecule has 0 aliphatic rings. The Labute approximate surface area is 155 Å². The van der Waals surface area contributed by atoms with Crippen LogP contribution in [-0.2, 0) is 15.6 Å². The maximum absolute atomic E-state index is 12.5. The molecule has 3 aromatic heterocycles. The number of aryl methyl sites for hydroxylation is 1. The molecule has 0 fully saturated rings. The Morgan fingerprint density at radius 1 is 0.963 bits per heavy atom. The topological polar surface area (TPSA) is 99.1 Å². The molecule has 136 valence electrons. The fraction of sp³-hybridized carbons (Fsp3) is 0.105. The molecule has 27 heavy (non-hydrogen) atoms. The number of aromatic nitrogens is 3. The minimum absolute atomic E-state index is 0.181. The summed E-state index contributed by atoms with van der Waals surface area (Å²) in [5.74, 6) is 0.950. The summed E-state index contributed by atoms with van der Waals surface area (Å²) >= 11 is 0. The summed E-state index contributed by atoms with van der Waals surface area (Å²) in [6, 6.07) is 13.4. The lowest BCUT2D eigenvalue weighted by molar-refractivity contribution is 0.413. The number of rotatable bonds is 5. The number of pyridine rings is 1. The molecule has 3 heterocycles. The van der Waals surface area contributed by atoms with E-state index in [-0.39, 0.29) is 16.5 Å². The van der Waals surface area contributed by atoms with Crippen LogP contribution in [0.5, 0.6) is 0 Å². The summed E-state index contributed by atoms with van der Waals surface area (Å²) in [5, 5.41) is 3.91. The van der Waals surface area contributed by atoms with Gasteiger partial charge in [-0.1, -0.05) is 22.9 Å². The maximum atomic E-state index is 12.5. The van der Waals surface area contributed by atoms with Gasteiger partial charge in [0.15, 0.2) is 15.6 Å². The van der Waals surface area contributed by atoms with Gasteiger partial charge in [0.2, 0.25) is 5.82 Å². The molecule has 8 heteroatoms. The third-order valence-corrected chi connectivity index (χ3v) is 5.60. The van der Waals surface area contributed by atoms with Crippen molar-refractivity contribution in [3.63, 3.8) is 0 Å². The summed E-state index contributed by atoms with van der Waals surface area (Å²) in [6.45, 7) is 1.90. The zero-order valence-electron chi connectivity index (χ0n) is 14.4. The molecular weight excluding hydrogens is 366 g/mol. The summed E-state index contributed by atoms with van der Waals surface area (Å²) in [4.78, 5) is 8.47. The molecule has 0 saturated heterocycles. The molecule has 4 rings (SSSR count). The Hall–Kier alpha value is -3.26. The van der Waals surface area contributed by atoms with Crippen molar-refractivity contribution in [2.24, 2.45) is 0 Å². The van der Waals surface area contributed by atoms with Gasteiger partial charge in [0, 0.05) is 18.0 Å². The molecule has 0 radical (unpaired) electrons. The molecule has 0 spiro atoms. The lowest BCUT2D eigenvalue weighted by atomic mass is 10.2. The van der Waals surface area contributed by atoms with Crippen LogP contribution in [0.4, 0.5) is 0 Å². The smallest absolute Gasteiger partial charge is 0.293 e. The highest BCUT2D eigenvalue weighted by atomic mass is 32.2. The van der Waals surface area contributed by atoms with E-state index in [1.165, 1.54) is 0 Å². The first-order valence-electron chi connectivity index (χ1n) is 8.14. The number of nitrogens with zero attached hydrogens (tertiary/aromatic N) is 3. The monoisotopic (exact) mass is 381 g/mol. The van der Waals surface area contributed by atoms with E-state index in [2.05, 4.69) is 15.1 Å². The number of sulfone groups is 1. The molecule has 7 nitrogen and oxygen atoms in total. The summed E-state index contributed by atoms with van der Waals surface area (Å²) in [5.41, 5.74) is 1.75. The standard InChI is InChI=1S/C19H15N3O4S/c1-13-2-5-16(6-3-13)27(23,24)12-15-4-7-17(25-15)19-21-18(22-26-19)14-8-10-20-11-9-14/h2-11H,12H2,1H3. The van der Waals surface area contributed by atoms with Crippen molar-refractivity contribution < 1.29 is 17.4 Å². The Kier molecular flexibility index (Phi) is 4.33. The summed E-state index contributed by atoms with van der Waals surface area (Å²) in [6.07, 6.45) is 3.26. The molecule has 0 saturated carbocycles. The lowest BCUT2D eigenvalue weighted by Gasteiger charge is -2.02. The lowest BCUT2D eigenvalue weighted by Crippen LogP contribution is -2.04. The second-order valence-corrected chi connectivity index (χ2v) is 7.99. The van der Waals surface area contributed by atoms with Gasteiger partial charge in [0.25, 0.3) is 5.89 Å². The van der Waals surface area contributed by atoms with Crippen molar-refractivity contribution >= 4 is 9.84 Å². The molecule has 0 aliphatic heterocycles. The van der Waals surface area contributed by atoms with E-state index < -0.39 is 9.84 Å². The molecule has 0 N–H and O–H groups in total. The molecule has 0 amide bonds. The first-order chi connectivity index (χ1) is 13.0. The van der Waals surface area contributed by atoms with Gasteiger partial charge >= 0.3 is 0 Å². The van der Waals surface area contributed by atoms with Gasteiger partial charge in [-0.05, 0) is 43.3 Å². The molecule has 0 atom stereocenters. The third-order valence-electron chi connectivity index (χ3n) is 3.95. The molecule has 0 unspecified atom stereocenters. The Balaban J connectivity index is 1.55. The Morgan fingerprint density at radius 3 is 2.44 bits per heavy atom. The average molecular weight is 381 g/mol. The molecular formula is C19H15N3O4S. The fourth-order valence-corrected chi connectivity index (χ4v) is 3.78. The number of furan rings is 1. The normalized spacial score (nSPS) is 11.6. The highest BCUT2D eigenvalue weighted by molar-refractivity contribution is 7.90. The van der Waals surface area contributed by atoms with Crippen molar-refractivity contribution in [2.45, 2.75) is 17.6 Å². The second kappa shape index (κ2) is 6.81. The van der Waals surface area contributed by atoms with Crippen LogP contribution < -0.4 is 0 Å². The van der Waals surface area contributed by atoms with Crippen molar-refractivity contribution in [3.8, 4) is 23.0 Å². The van der Waals surface area contributed by atoms with Crippen molar-refractivity contribution in [2.75, 3.05) is 0 Å². The van der Waals surface area contributed by atoms with Gasteiger partial charge in [-0.25, -0.2) is 8.42 Å². The van der Waals surface area contributed by atoms with Crippen LogP contribution in [0.25, 0.3) is 23.0 Å². The van der Waals surface area contributed by atoms with Gasteiger partial charge in [-0.3, -0.25) is 4.98 Å². The highest BCUT2D eigenvalue weighted by Crippen LogP contribution is 2.25. The van der Waals surface area contributed by atoms with E-state index in [4.69, 9.17) is 8.94 Å². The van der Waals surface area contributed by atoms with Gasteiger partial charge in [0.1, 0.15) is 11.5 Å². The van der Waals surface area contributed by atoms with Gasteiger partial charge in [-0.15, -0.1) is 0 Å².